The number of aryl methyl sites for hydroxylation is 2. The van der Waals surface area contributed by atoms with E-state index in [-0.39, 0.29) is 0 Å². The van der Waals surface area contributed by atoms with Gasteiger partial charge in [0.2, 0.25) is 0 Å². The molecule has 3 N–H and O–H groups in total. The third-order valence-electron chi connectivity index (χ3n) is 5.07. The van der Waals surface area contributed by atoms with Crippen LogP contribution < -0.4 is 11.1 Å². The molecular formula is C14H24N4. The number of nitrogens with one attached hydrogen (secondary N) is 1. The Bertz CT molecular complexity index is 451. The van der Waals surface area contributed by atoms with Crippen LogP contribution in [0.3, 0.4) is 0 Å². The van der Waals surface area contributed by atoms with Crippen molar-refractivity contribution in [1.82, 2.24) is 9.78 Å². The number of nitrogens with two attached hydrogens (primary N) is 1. The summed E-state index contributed by atoms with van der Waals surface area (Å²) < 4.78 is 1.87. The molecule has 2 aliphatic carbocycles. The molecule has 4 nitrogen and oxygen atoms in total. The van der Waals surface area contributed by atoms with Crippen LogP contribution in [0.5, 0.6) is 0 Å². The number of anilines is 2. The zero-order valence-electron chi connectivity index (χ0n) is 11.6. The molecule has 0 saturated heterocycles. The Morgan fingerprint density at radius 2 is 2.17 bits per heavy atom. The van der Waals surface area contributed by atoms with Gasteiger partial charge in [-0.1, -0.05) is 6.42 Å². The highest BCUT2D eigenvalue weighted by molar-refractivity contribution is 5.64. The molecule has 2 saturated carbocycles. The van der Waals surface area contributed by atoms with Gasteiger partial charge in [0.1, 0.15) is 5.82 Å². The fourth-order valence-corrected chi connectivity index (χ4v) is 4.07. The van der Waals surface area contributed by atoms with E-state index < -0.39 is 0 Å². The average molecular weight is 248 g/mol. The lowest BCUT2D eigenvalue weighted by molar-refractivity contribution is 0.303. The summed E-state index contributed by atoms with van der Waals surface area (Å²) in [7, 11) is 1.96. The predicted octanol–water partition coefficient (Wildman–Crippen LogP) is 2.55. The largest absolute Gasteiger partial charge is 0.394 e. The Morgan fingerprint density at radius 1 is 1.39 bits per heavy atom. The molecule has 4 heteroatoms. The Kier molecular flexibility index (Phi) is 2.76. The number of fused-ring (bicyclic) bond motifs is 2. The maximum Gasteiger partial charge on any atom is 0.147 e. The standard InChI is InChI=1S/C14H24N4/c1-8(12-7-10-4-5-11(12)6-10)16-14-13(15)9(2)17-18(14)3/h8,10-12,16H,4-7,15H2,1-3H3. The Morgan fingerprint density at radius 3 is 2.67 bits per heavy atom. The Hall–Kier alpha value is -1.19. The summed E-state index contributed by atoms with van der Waals surface area (Å²) >= 11 is 0. The molecule has 100 valence electrons. The molecule has 0 aromatic carbocycles. The second-order valence-corrected chi connectivity index (χ2v) is 6.24. The fraction of sp³-hybridized carbons (Fsp3) is 0.786. The van der Waals surface area contributed by atoms with E-state index in [1.165, 1.54) is 25.7 Å². The van der Waals surface area contributed by atoms with Gasteiger partial charge in [-0.25, -0.2) is 0 Å². The molecular weight excluding hydrogens is 224 g/mol. The Balaban J connectivity index is 1.72. The number of aromatic nitrogens is 2. The summed E-state index contributed by atoms with van der Waals surface area (Å²) in [6, 6.07) is 0.498. The monoisotopic (exact) mass is 248 g/mol. The molecule has 0 amide bonds. The van der Waals surface area contributed by atoms with Gasteiger partial charge in [0.15, 0.2) is 0 Å². The topological polar surface area (TPSA) is 55.9 Å². The summed E-state index contributed by atoms with van der Waals surface area (Å²) in [6.45, 7) is 4.26. The van der Waals surface area contributed by atoms with E-state index in [1.54, 1.807) is 0 Å². The molecule has 1 heterocycles. The first-order valence-electron chi connectivity index (χ1n) is 7.12. The molecule has 0 aliphatic heterocycles. The summed E-state index contributed by atoms with van der Waals surface area (Å²) in [5.41, 5.74) is 7.80. The third-order valence-corrected chi connectivity index (χ3v) is 5.07. The third kappa shape index (κ3) is 1.78. The van der Waals surface area contributed by atoms with Crippen LogP contribution in [0.15, 0.2) is 0 Å². The second kappa shape index (κ2) is 4.18. The van der Waals surface area contributed by atoms with Crippen molar-refractivity contribution in [2.24, 2.45) is 24.8 Å². The van der Waals surface area contributed by atoms with E-state index >= 15 is 0 Å². The van der Waals surface area contributed by atoms with Crippen LogP contribution in [-0.2, 0) is 7.05 Å². The molecule has 18 heavy (non-hydrogen) atoms. The molecule has 3 rings (SSSR count). The minimum Gasteiger partial charge on any atom is -0.394 e. The number of nitrogens with zero attached hydrogens (tertiary/aromatic N) is 2. The highest BCUT2D eigenvalue weighted by Crippen LogP contribution is 2.50. The maximum absolute atomic E-state index is 6.08. The van der Waals surface area contributed by atoms with Gasteiger partial charge in [-0.05, 0) is 50.9 Å². The van der Waals surface area contributed by atoms with Crippen molar-refractivity contribution in [1.29, 1.82) is 0 Å². The zero-order valence-corrected chi connectivity index (χ0v) is 11.6. The summed E-state index contributed by atoms with van der Waals surface area (Å²) in [5, 5.41) is 7.97. The highest BCUT2D eigenvalue weighted by Gasteiger charge is 2.42. The molecule has 2 bridgehead atoms. The van der Waals surface area contributed by atoms with E-state index in [0.29, 0.717) is 6.04 Å². The van der Waals surface area contributed by atoms with Gasteiger partial charge in [0.05, 0.1) is 11.4 Å². The average Bonchev–Trinajstić information content (AvgIpc) is 3.00. The normalized spacial score (nSPS) is 31.8. The first-order chi connectivity index (χ1) is 8.56. The van der Waals surface area contributed by atoms with Gasteiger partial charge >= 0.3 is 0 Å². The first kappa shape index (κ1) is 11.9. The number of hydrogen-bond acceptors (Lipinski definition) is 3. The smallest absolute Gasteiger partial charge is 0.147 e. The van der Waals surface area contributed by atoms with Gasteiger partial charge in [0, 0.05) is 13.1 Å². The molecule has 4 atom stereocenters. The van der Waals surface area contributed by atoms with Crippen molar-refractivity contribution in [3.05, 3.63) is 5.69 Å². The van der Waals surface area contributed by atoms with E-state index in [9.17, 15) is 0 Å². The Labute approximate surface area is 109 Å². The van der Waals surface area contributed by atoms with Crippen molar-refractivity contribution in [3.8, 4) is 0 Å². The summed E-state index contributed by atoms with van der Waals surface area (Å²) in [6.07, 6.45) is 5.74. The molecule has 4 unspecified atom stereocenters. The van der Waals surface area contributed by atoms with Crippen molar-refractivity contribution in [2.75, 3.05) is 11.1 Å². The number of nitrogen functional groups attached to an aromatic ring is 1. The van der Waals surface area contributed by atoms with E-state index in [1.807, 2.05) is 18.7 Å². The van der Waals surface area contributed by atoms with Crippen LogP contribution in [0.1, 0.15) is 38.3 Å². The lowest BCUT2D eigenvalue weighted by Crippen LogP contribution is -2.31. The molecule has 2 aliphatic rings. The van der Waals surface area contributed by atoms with Crippen LogP contribution in [0.25, 0.3) is 0 Å². The minimum atomic E-state index is 0.498. The van der Waals surface area contributed by atoms with Crippen molar-refractivity contribution < 1.29 is 0 Å². The van der Waals surface area contributed by atoms with Gasteiger partial charge in [0.25, 0.3) is 0 Å². The number of hydrogen-bond donors (Lipinski definition) is 2. The molecule has 1 aromatic rings. The fourth-order valence-electron chi connectivity index (χ4n) is 4.07. The van der Waals surface area contributed by atoms with Crippen LogP contribution in [0.2, 0.25) is 0 Å². The second-order valence-electron chi connectivity index (χ2n) is 6.24. The minimum absolute atomic E-state index is 0.498. The lowest BCUT2D eigenvalue weighted by Gasteiger charge is -2.29. The van der Waals surface area contributed by atoms with Crippen LogP contribution >= 0.6 is 0 Å². The van der Waals surface area contributed by atoms with Gasteiger partial charge in [-0.3, -0.25) is 4.68 Å². The van der Waals surface area contributed by atoms with Gasteiger partial charge in [-0.2, -0.15) is 5.10 Å². The summed E-state index contributed by atoms with van der Waals surface area (Å²) in [5.74, 6) is 3.74. The van der Waals surface area contributed by atoms with E-state index in [0.717, 1.165) is 35.0 Å². The molecule has 1 aromatic heterocycles. The molecule has 0 radical (unpaired) electrons. The maximum atomic E-state index is 6.08. The van der Waals surface area contributed by atoms with Gasteiger partial charge in [-0.15, -0.1) is 0 Å². The van der Waals surface area contributed by atoms with Crippen LogP contribution in [0.4, 0.5) is 11.5 Å². The summed E-state index contributed by atoms with van der Waals surface area (Å²) in [4.78, 5) is 0. The van der Waals surface area contributed by atoms with Crippen LogP contribution in [-0.4, -0.2) is 15.8 Å². The van der Waals surface area contributed by atoms with Crippen molar-refractivity contribution >= 4 is 11.5 Å². The van der Waals surface area contributed by atoms with Crippen LogP contribution in [0, 0.1) is 24.7 Å². The predicted molar refractivity (Wildman–Crippen MR) is 74.4 cm³/mol. The van der Waals surface area contributed by atoms with Crippen molar-refractivity contribution in [2.45, 2.75) is 45.6 Å². The van der Waals surface area contributed by atoms with Crippen molar-refractivity contribution in [3.63, 3.8) is 0 Å². The quantitative estimate of drug-likeness (QED) is 0.864. The van der Waals surface area contributed by atoms with E-state index in [4.69, 9.17) is 5.73 Å². The highest BCUT2D eigenvalue weighted by atomic mass is 15.3. The van der Waals surface area contributed by atoms with E-state index in [2.05, 4.69) is 17.3 Å². The number of rotatable bonds is 3. The van der Waals surface area contributed by atoms with Gasteiger partial charge < -0.3 is 11.1 Å². The lowest BCUT2D eigenvalue weighted by atomic mass is 9.84. The first-order valence-corrected chi connectivity index (χ1v) is 7.12. The molecule has 0 spiro atoms. The molecule has 2 fully saturated rings. The SMILES string of the molecule is Cc1nn(C)c(NC(C)C2CC3CCC2C3)c1N. The zero-order chi connectivity index (χ0) is 12.9.